The summed E-state index contributed by atoms with van der Waals surface area (Å²) in [5.74, 6) is 0.727. The Morgan fingerprint density at radius 2 is 1.77 bits per heavy atom. The Kier molecular flexibility index (Phi) is 5.78. The molecule has 1 aromatic heterocycles. The molecule has 22 heavy (non-hydrogen) atoms. The van der Waals surface area contributed by atoms with Crippen molar-refractivity contribution in [3.05, 3.63) is 52.8 Å². The van der Waals surface area contributed by atoms with Gasteiger partial charge in [0.15, 0.2) is 0 Å². The normalized spacial score (nSPS) is 12.8. The SMILES string of the molecule is Cc1nn(Cc2ccccc2)c(C)c1CN[C@H](C)CC(C)C. The zero-order chi connectivity index (χ0) is 16.1. The maximum Gasteiger partial charge on any atom is 0.0662 e. The largest absolute Gasteiger partial charge is 0.310 e. The van der Waals surface area contributed by atoms with Crippen molar-refractivity contribution in [1.29, 1.82) is 0 Å². The van der Waals surface area contributed by atoms with Crippen LogP contribution in [-0.4, -0.2) is 15.8 Å². The smallest absolute Gasteiger partial charge is 0.0662 e. The maximum atomic E-state index is 4.72. The van der Waals surface area contributed by atoms with Crippen LogP contribution < -0.4 is 5.32 Å². The van der Waals surface area contributed by atoms with E-state index in [-0.39, 0.29) is 0 Å². The third-order valence-electron chi connectivity index (χ3n) is 4.16. The van der Waals surface area contributed by atoms with Crippen molar-refractivity contribution < 1.29 is 0 Å². The van der Waals surface area contributed by atoms with E-state index in [4.69, 9.17) is 5.10 Å². The van der Waals surface area contributed by atoms with E-state index in [1.165, 1.54) is 23.2 Å². The Morgan fingerprint density at radius 1 is 1.09 bits per heavy atom. The van der Waals surface area contributed by atoms with Gasteiger partial charge in [-0.2, -0.15) is 5.10 Å². The van der Waals surface area contributed by atoms with Crippen LogP contribution in [0.5, 0.6) is 0 Å². The quantitative estimate of drug-likeness (QED) is 0.835. The first-order chi connectivity index (χ1) is 10.5. The van der Waals surface area contributed by atoms with Gasteiger partial charge in [-0.25, -0.2) is 0 Å². The second-order valence-electron chi connectivity index (χ2n) is 6.70. The lowest BCUT2D eigenvalue weighted by molar-refractivity contribution is 0.440. The Labute approximate surface area is 134 Å². The van der Waals surface area contributed by atoms with Crippen molar-refractivity contribution in [2.24, 2.45) is 5.92 Å². The van der Waals surface area contributed by atoms with Gasteiger partial charge in [0.2, 0.25) is 0 Å². The fourth-order valence-corrected chi connectivity index (χ4v) is 2.97. The molecule has 0 fully saturated rings. The Balaban J connectivity index is 2.04. The number of rotatable bonds is 7. The number of aromatic nitrogens is 2. The fraction of sp³-hybridized carbons (Fsp3) is 0.526. The lowest BCUT2D eigenvalue weighted by atomic mass is 10.0. The lowest BCUT2D eigenvalue weighted by Gasteiger charge is -2.16. The van der Waals surface area contributed by atoms with Gasteiger partial charge in [-0.3, -0.25) is 4.68 Å². The minimum Gasteiger partial charge on any atom is -0.310 e. The van der Waals surface area contributed by atoms with Crippen molar-refractivity contribution in [1.82, 2.24) is 15.1 Å². The number of hydrogen-bond donors (Lipinski definition) is 1. The Morgan fingerprint density at radius 3 is 2.41 bits per heavy atom. The van der Waals surface area contributed by atoms with Crippen LogP contribution in [-0.2, 0) is 13.1 Å². The van der Waals surface area contributed by atoms with Gasteiger partial charge in [-0.15, -0.1) is 0 Å². The molecular weight excluding hydrogens is 270 g/mol. The van der Waals surface area contributed by atoms with Gasteiger partial charge in [-0.05, 0) is 38.7 Å². The summed E-state index contributed by atoms with van der Waals surface area (Å²) in [6.07, 6.45) is 1.20. The molecule has 3 nitrogen and oxygen atoms in total. The van der Waals surface area contributed by atoms with Crippen molar-refractivity contribution in [3.63, 3.8) is 0 Å². The van der Waals surface area contributed by atoms with Gasteiger partial charge >= 0.3 is 0 Å². The fourth-order valence-electron chi connectivity index (χ4n) is 2.97. The van der Waals surface area contributed by atoms with E-state index in [0.29, 0.717) is 6.04 Å². The van der Waals surface area contributed by atoms with Crippen LogP contribution in [0.15, 0.2) is 30.3 Å². The molecule has 0 aliphatic rings. The molecule has 0 saturated carbocycles. The summed E-state index contributed by atoms with van der Waals surface area (Å²) in [4.78, 5) is 0. The summed E-state index contributed by atoms with van der Waals surface area (Å²) in [6.45, 7) is 12.8. The highest BCUT2D eigenvalue weighted by Crippen LogP contribution is 2.15. The molecule has 2 aromatic rings. The molecule has 0 amide bonds. The Bertz CT molecular complexity index is 584. The lowest BCUT2D eigenvalue weighted by Crippen LogP contribution is -2.27. The molecule has 120 valence electrons. The molecular formula is C19H29N3. The van der Waals surface area contributed by atoms with Gasteiger partial charge in [0, 0.05) is 23.8 Å². The van der Waals surface area contributed by atoms with Gasteiger partial charge in [0.1, 0.15) is 0 Å². The summed E-state index contributed by atoms with van der Waals surface area (Å²) in [5, 5.41) is 8.36. The van der Waals surface area contributed by atoms with Crippen LogP contribution in [0, 0.1) is 19.8 Å². The summed E-state index contributed by atoms with van der Waals surface area (Å²) >= 11 is 0. The number of benzene rings is 1. The third-order valence-corrected chi connectivity index (χ3v) is 4.16. The molecule has 1 heterocycles. The minimum atomic E-state index is 0.538. The first-order valence-corrected chi connectivity index (χ1v) is 8.27. The first kappa shape index (κ1) is 16.8. The summed E-state index contributed by atoms with van der Waals surface area (Å²) < 4.78 is 2.12. The maximum absolute atomic E-state index is 4.72. The van der Waals surface area contributed by atoms with Crippen molar-refractivity contribution in [3.8, 4) is 0 Å². The molecule has 3 heteroatoms. The van der Waals surface area contributed by atoms with E-state index in [1.807, 2.05) is 0 Å². The third kappa shape index (κ3) is 4.44. The number of nitrogens with one attached hydrogen (secondary N) is 1. The van der Waals surface area contributed by atoms with Crippen LogP contribution in [0.3, 0.4) is 0 Å². The van der Waals surface area contributed by atoms with Gasteiger partial charge in [0.05, 0.1) is 12.2 Å². The number of aryl methyl sites for hydroxylation is 1. The van der Waals surface area contributed by atoms with Crippen LogP contribution >= 0.6 is 0 Å². The van der Waals surface area contributed by atoms with Crippen molar-refractivity contribution in [2.45, 2.75) is 60.2 Å². The molecule has 0 radical (unpaired) electrons. The van der Waals surface area contributed by atoms with Crippen LogP contribution in [0.4, 0.5) is 0 Å². The molecule has 2 rings (SSSR count). The molecule has 0 saturated heterocycles. The standard InChI is InChI=1S/C19H29N3/c1-14(2)11-15(3)20-12-19-16(4)21-22(17(19)5)13-18-9-7-6-8-10-18/h6-10,14-15,20H,11-13H2,1-5H3/t15-/m1/s1. The summed E-state index contributed by atoms with van der Waals surface area (Å²) in [7, 11) is 0. The van der Waals surface area contributed by atoms with E-state index in [1.54, 1.807) is 0 Å². The highest BCUT2D eigenvalue weighted by molar-refractivity contribution is 5.26. The summed E-state index contributed by atoms with van der Waals surface area (Å²) in [6, 6.07) is 11.1. The zero-order valence-electron chi connectivity index (χ0n) is 14.6. The monoisotopic (exact) mass is 299 g/mol. The zero-order valence-corrected chi connectivity index (χ0v) is 14.6. The molecule has 0 bridgehead atoms. The molecule has 0 unspecified atom stereocenters. The van der Waals surface area contributed by atoms with E-state index in [0.717, 1.165) is 24.7 Å². The van der Waals surface area contributed by atoms with Gasteiger partial charge in [0.25, 0.3) is 0 Å². The topological polar surface area (TPSA) is 29.9 Å². The molecule has 1 atom stereocenters. The van der Waals surface area contributed by atoms with E-state index in [9.17, 15) is 0 Å². The van der Waals surface area contributed by atoms with Gasteiger partial charge in [-0.1, -0.05) is 44.2 Å². The van der Waals surface area contributed by atoms with E-state index < -0.39 is 0 Å². The average molecular weight is 299 g/mol. The Hall–Kier alpha value is -1.61. The predicted octanol–water partition coefficient (Wildman–Crippen LogP) is 4.07. The van der Waals surface area contributed by atoms with Crippen LogP contribution in [0.1, 0.15) is 49.7 Å². The first-order valence-electron chi connectivity index (χ1n) is 8.27. The van der Waals surface area contributed by atoms with E-state index >= 15 is 0 Å². The highest BCUT2D eigenvalue weighted by Gasteiger charge is 2.13. The van der Waals surface area contributed by atoms with E-state index in [2.05, 4.69) is 74.9 Å². The highest BCUT2D eigenvalue weighted by atomic mass is 15.3. The molecule has 0 spiro atoms. The van der Waals surface area contributed by atoms with Crippen LogP contribution in [0.2, 0.25) is 0 Å². The second kappa shape index (κ2) is 7.59. The van der Waals surface area contributed by atoms with Crippen molar-refractivity contribution >= 4 is 0 Å². The average Bonchev–Trinajstić information content (AvgIpc) is 2.72. The molecule has 0 aliphatic heterocycles. The minimum absolute atomic E-state index is 0.538. The molecule has 0 aliphatic carbocycles. The second-order valence-corrected chi connectivity index (χ2v) is 6.70. The summed E-state index contributed by atoms with van der Waals surface area (Å²) in [5.41, 5.74) is 5.04. The predicted molar refractivity (Wildman–Crippen MR) is 93.0 cm³/mol. The van der Waals surface area contributed by atoms with Gasteiger partial charge < -0.3 is 5.32 Å². The number of nitrogens with zero attached hydrogens (tertiary/aromatic N) is 2. The molecule has 1 N–H and O–H groups in total. The molecule has 1 aromatic carbocycles. The number of hydrogen-bond acceptors (Lipinski definition) is 2. The van der Waals surface area contributed by atoms with Crippen LogP contribution in [0.25, 0.3) is 0 Å². The van der Waals surface area contributed by atoms with Crippen molar-refractivity contribution in [2.75, 3.05) is 0 Å².